The summed E-state index contributed by atoms with van der Waals surface area (Å²) >= 11 is 5.19. The van der Waals surface area contributed by atoms with E-state index in [0.29, 0.717) is 0 Å². The third-order valence-corrected chi connectivity index (χ3v) is 3.76. The Balaban J connectivity index is -0.0000000674. The van der Waals surface area contributed by atoms with Gasteiger partial charge in [-0.2, -0.15) is 0 Å². The van der Waals surface area contributed by atoms with E-state index in [4.69, 9.17) is 11.6 Å². The van der Waals surface area contributed by atoms with E-state index >= 15 is 0 Å². The first-order chi connectivity index (χ1) is 15.6. The van der Waals surface area contributed by atoms with E-state index in [2.05, 4.69) is 120 Å². The van der Waals surface area contributed by atoms with Crippen molar-refractivity contribution in [3.05, 3.63) is 35.9 Å². The van der Waals surface area contributed by atoms with Crippen LogP contribution in [-0.2, 0) is 6.42 Å². The molecule has 0 unspecified atom stereocenters. The second-order valence-corrected chi connectivity index (χ2v) is 9.54. The molecule has 0 amide bonds. The first-order valence-electron chi connectivity index (χ1n) is 14.2. The highest BCUT2D eigenvalue weighted by molar-refractivity contribution is 6.17. The van der Waals surface area contributed by atoms with Crippen LogP contribution in [0.2, 0.25) is 0 Å². The Morgan fingerprint density at radius 3 is 1.00 bits per heavy atom. The summed E-state index contributed by atoms with van der Waals surface area (Å²) in [6, 6.07) is 10.6. The van der Waals surface area contributed by atoms with Crippen molar-refractivity contribution < 1.29 is 0 Å². The SMILES string of the molecule is CC(C)C.CCC.CCC(C)C.CCCC.CCCC.CCCCl.CCCc1ccccc1. The molecule has 0 spiro atoms. The number of halogens is 1. The second-order valence-electron chi connectivity index (χ2n) is 9.17. The molecule has 0 saturated carbocycles. The first-order valence-corrected chi connectivity index (χ1v) is 14.7. The van der Waals surface area contributed by atoms with Gasteiger partial charge in [-0.3, -0.25) is 0 Å². The maximum absolute atomic E-state index is 5.19. The zero-order valence-electron chi connectivity index (χ0n) is 26.0. The van der Waals surface area contributed by atoms with Gasteiger partial charge in [0.25, 0.3) is 0 Å². The quantitative estimate of drug-likeness (QED) is 0.349. The zero-order valence-corrected chi connectivity index (χ0v) is 26.7. The van der Waals surface area contributed by atoms with Crippen molar-refractivity contribution in [3.8, 4) is 0 Å². The summed E-state index contributed by atoms with van der Waals surface area (Å²) in [7, 11) is 0. The van der Waals surface area contributed by atoms with E-state index in [1.165, 1.54) is 56.9 Å². The molecule has 0 atom stereocenters. The molecular formula is C32H69Cl. The number of hydrogen-bond acceptors (Lipinski definition) is 0. The molecule has 33 heavy (non-hydrogen) atoms. The van der Waals surface area contributed by atoms with Gasteiger partial charge in [0.05, 0.1) is 0 Å². The lowest BCUT2D eigenvalue weighted by Gasteiger charge is -1.93. The van der Waals surface area contributed by atoms with E-state index < -0.39 is 0 Å². The third-order valence-electron chi connectivity index (χ3n) is 3.39. The monoisotopic (exact) mass is 489 g/mol. The lowest BCUT2D eigenvalue weighted by molar-refractivity contribution is 0.626. The third kappa shape index (κ3) is 114. The average molecular weight is 489 g/mol. The predicted molar refractivity (Wildman–Crippen MR) is 164 cm³/mol. The van der Waals surface area contributed by atoms with Gasteiger partial charge in [-0.1, -0.05) is 172 Å². The fraction of sp³-hybridized carbons (Fsp3) is 0.812. The van der Waals surface area contributed by atoms with Gasteiger partial charge in [-0.25, -0.2) is 0 Å². The Morgan fingerprint density at radius 1 is 0.576 bits per heavy atom. The molecular weight excluding hydrogens is 420 g/mol. The molecule has 1 aromatic rings. The smallest absolute Gasteiger partial charge is 0.0220 e. The van der Waals surface area contributed by atoms with Crippen LogP contribution in [0.4, 0.5) is 0 Å². The standard InChI is InChI=1S/C9H12.C5H12.3C4H10.C3H7Cl.C3H8/c1-2-6-9-7-4-3-5-8-9;1-4-5(2)3;1-4(2)3;2*1-3-4-2;1-2-3-4;1-3-2/h3-5,7-8H,2,6H2,1H3;5H,4H2,1-3H3;4H,1-3H3;2*3-4H2,1-2H3;2-3H2,1H3;3H2,1-2H3. The molecule has 0 aliphatic rings. The number of benzene rings is 1. The van der Waals surface area contributed by atoms with Crippen LogP contribution in [0.1, 0.15) is 154 Å². The Morgan fingerprint density at radius 2 is 0.848 bits per heavy atom. The topological polar surface area (TPSA) is 0 Å². The summed E-state index contributed by atoms with van der Waals surface area (Å²) in [6.07, 6.45) is 11.4. The van der Waals surface area contributed by atoms with Gasteiger partial charge in [0.2, 0.25) is 0 Å². The van der Waals surface area contributed by atoms with Crippen molar-refractivity contribution in [3.63, 3.8) is 0 Å². The van der Waals surface area contributed by atoms with Gasteiger partial charge >= 0.3 is 0 Å². The van der Waals surface area contributed by atoms with Crippen molar-refractivity contribution in [2.75, 3.05) is 5.88 Å². The number of hydrogen-bond donors (Lipinski definition) is 0. The van der Waals surface area contributed by atoms with Crippen LogP contribution in [0.5, 0.6) is 0 Å². The predicted octanol–water partition coefficient (Wildman–Crippen LogP) is 13.0. The van der Waals surface area contributed by atoms with E-state index in [1.807, 2.05) is 6.92 Å². The van der Waals surface area contributed by atoms with Crippen LogP contribution >= 0.6 is 11.6 Å². The molecule has 0 aliphatic heterocycles. The highest BCUT2D eigenvalue weighted by atomic mass is 35.5. The maximum Gasteiger partial charge on any atom is 0.0220 e. The molecule has 0 radical (unpaired) electrons. The van der Waals surface area contributed by atoms with E-state index in [9.17, 15) is 0 Å². The molecule has 1 heteroatoms. The summed E-state index contributed by atoms with van der Waals surface area (Å²) in [4.78, 5) is 0. The molecule has 204 valence electrons. The maximum atomic E-state index is 5.19. The van der Waals surface area contributed by atoms with E-state index in [-0.39, 0.29) is 0 Å². The van der Waals surface area contributed by atoms with Gasteiger partial charge in [-0.05, 0) is 30.2 Å². The molecule has 0 aliphatic carbocycles. The van der Waals surface area contributed by atoms with Gasteiger partial charge in [0, 0.05) is 5.88 Å². The van der Waals surface area contributed by atoms with Crippen molar-refractivity contribution in [1.29, 1.82) is 0 Å². The van der Waals surface area contributed by atoms with Crippen LogP contribution < -0.4 is 0 Å². The normalized spacial score (nSPS) is 8.39. The fourth-order valence-corrected chi connectivity index (χ4v) is 0.933. The first kappa shape index (κ1) is 45.9. The Bertz CT molecular complexity index is 311. The number of alkyl halides is 1. The molecule has 0 nitrogen and oxygen atoms in total. The lowest BCUT2D eigenvalue weighted by atomic mass is 10.1. The molecule has 1 aromatic carbocycles. The van der Waals surface area contributed by atoms with Crippen LogP contribution in [0.25, 0.3) is 0 Å². The summed E-state index contributed by atoms with van der Waals surface area (Å²) in [5.41, 5.74) is 1.44. The van der Waals surface area contributed by atoms with Crippen molar-refractivity contribution >= 4 is 11.6 Å². The largest absolute Gasteiger partial charge is 0.127 e. The van der Waals surface area contributed by atoms with E-state index in [1.54, 1.807) is 0 Å². The Labute approximate surface area is 219 Å². The van der Waals surface area contributed by atoms with Crippen LogP contribution in [0, 0.1) is 11.8 Å². The van der Waals surface area contributed by atoms with Crippen LogP contribution in [0.15, 0.2) is 30.3 Å². The van der Waals surface area contributed by atoms with Gasteiger partial charge in [0.15, 0.2) is 0 Å². The second kappa shape index (κ2) is 53.1. The lowest BCUT2D eigenvalue weighted by Crippen LogP contribution is -1.78. The average Bonchev–Trinajstić information content (AvgIpc) is 2.81. The minimum absolute atomic E-state index is 0.792. The fourth-order valence-electron chi connectivity index (χ4n) is 0.933. The molecule has 0 fully saturated rings. The summed E-state index contributed by atoms with van der Waals surface area (Å²) in [6.45, 7) is 30.4. The summed E-state index contributed by atoms with van der Waals surface area (Å²) in [5.74, 6) is 2.51. The molecule has 0 bridgehead atoms. The minimum Gasteiger partial charge on any atom is -0.127 e. The van der Waals surface area contributed by atoms with Crippen molar-refractivity contribution in [2.24, 2.45) is 11.8 Å². The molecule has 0 N–H and O–H groups in total. The van der Waals surface area contributed by atoms with E-state index in [0.717, 1.165) is 24.1 Å². The number of rotatable bonds is 6. The molecule has 0 saturated heterocycles. The number of aryl methyl sites for hydroxylation is 1. The minimum atomic E-state index is 0.792. The van der Waals surface area contributed by atoms with Crippen LogP contribution in [-0.4, -0.2) is 5.88 Å². The van der Waals surface area contributed by atoms with Gasteiger partial charge in [0.1, 0.15) is 0 Å². The highest BCUT2D eigenvalue weighted by Crippen LogP contribution is 2.00. The van der Waals surface area contributed by atoms with Crippen molar-refractivity contribution in [2.45, 2.75) is 155 Å². The summed E-state index contributed by atoms with van der Waals surface area (Å²) in [5, 5.41) is 0. The van der Waals surface area contributed by atoms with Gasteiger partial charge in [-0.15, -0.1) is 11.6 Å². The molecule has 0 aromatic heterocycles. The Kier molecular flexibility index (Phi) is 73.9. The highest BCUT2D eigenvalue weighted by Gasteiger charge is 1.84. The summed E-state index contributed by atoms with van der Waals surface area (Å²) < 4.78 is 0. The molecule has 1 rings (SSSR count). The molecule has 0 heterocycles. The Hall–Kier alpha value is -0.490. The van der Waals surface area contributed by atoms with Gasteiger partial charge < -0.3 is 0 Å². The van der Waals surface area contributed by atoms with Crippen molar-refractivity contribution in [1.82, 2.24) is 0 Å². The number of unbranched alkanes of at least 4 members (excludes halogenated alkanes) is 2. The van der Waals surface area contributed by atoms with Crippen LogP contribution in [0.3, 0.4) is 0 Å². The zero-order chi connectivity index (χ0) is 27.3.